The fourth-order valence-corrected chi connectivity index (χ4v) is 1.59. The summed E-state index contributed by atoms with van der Waals surface area (Å²) >= 11 is 6.70. The normalized spacial score (nSPS) is 10.4. The highest BCUT2D eigenvalue weighted by Crippen LogP contribution is 2.23. The molecule has 0 unspecified atom stereocenters. The molecule has 14 heavy (non-hydrogen) atoms. The van der Waals surface area contributed by atoms with E-state index in [1.54, 1.807) is 0 Å². The van der Waals surface area contributed by atoms with Gasteiger partial charge >= 0.3 is 0 Å². The molecule has 0 aliphatic carbocycles. The molecular weight excluding hydrogens is 226 g/mol. The fraction of sp³-hybridized carbons (Fsp3) is 0. The summed E-state index contributed by atoms with van der Waals surface area (Å²) in [6.07, 6.45) is 2.98. The highest BCUT2D eigenvalue weighted by Gasteiger charge is 2.07. The van der Waals surface area contributed by atoms with E-state index in [-0.39, 0.29) is 11.2 Å². The van der Waals surface area contributed by atoms with Gasteiger partial charge in [0.05, 0.1) is 6.20 Å². The second-order valence-corrected chi connectivity index (χ2v) is 3.40. The Labute approximate surface area is 87.9 Å². The number of anilines is 1. The summed E-state index contributed by atoms with van der Waals surface area (Å²) < 4.78 is 4.98. The molecule has 0 saturated carbocycles. The number of rotatable bonds is 2. The van der Waals surface area contributed by atoms with E-state index < -0.39 is 0 Å². The van der Waals surface area contributed by atoms with E-state index in [1.807, 2.05) is 0 Å². The van der Waals surface area contributed by atoms with E-state index in [0.717, 1.165) is 11.8 Å². The highest BCUT2D eigenvalue weighted by atomic mass is 35.5. The second-order valence-electron chi connectivity index (χ2n) is 2.15. The molecule has 2 rings (SSSR count). The van der Waals surface area contributed by atoms with Gasteiger partial charge < -0.3 is 10.2 Å². The van der Waals surface area contributed by atoms with Gasteiger partial charge in [0.25, 0.3) is 5.22 Å². The number of oxazole rings is 1. The summed E-state index contributed by atoms with van der Waals surface area (Å²) in [5.41, 5.74) is 5.38. The van der Waals surface area contributed by atoms with Gasteiger partial charge in [0.1, 0.15) is 6.26 Å². The van der Waals surface area contributed by atoms with E-state index in [1.165, 1.54) is 12.5 Å². The molecule has 8 heteroatoms. The van der Waals surface area contributed by atoms with E-state index in [2.05, 4.69) is 19.9 Å². The van der Waals surface area contributed by atoms with Gasteiger partial charge in [0.15, 0.2) is 0 Å². The SMILES string of the molecule is Nc1nc(Cl)nc(Sc2ncco2)n1. The first-order valence-electron chi connectivity index (χ1n) is 3.48. The van der Waals surface area contributed by atoms with Gasteiger partial charge in [-0.1, -0.05) is 0 Å². The Morgan fingerprint density at radius 2 is 2.21 bits per heavy atom. The second kappa shape index (κ2) is 3.81. The van der Waals surface area contributed by atoms with Crippen molar-refractivity contribution in [1.29, 1.82) is 0 Å². The standard InChI is InChI=1S/C6H4ClN5OS/c7-3-10-4(8)12-5(11-3)14-6-9-1-2-13-6/h1-2H,(H2,8,10,11,12). The molecule has 0 amide bonds. The van der Waals surface area contributed by atoms with Crippen LogP contribution < -0.4 is 5.73 Å². The lowest BCUT2D eigenvalue weighted by molar-refractivity contribution is 0.453. The number of nitrogen functional groups attached to an aromatic ring is 1. The van der Waals surface area contributed by atoms with Crippen molar-refractivity contribution in [2.24, 2.45) is 0 Å². The molecule has 0 aliphatic heterocycles. The predicted octanol–water partition coefficient (Wildman–Crippen LogP) is 1.25. The molecule has 6 nitrogen and oxygen atoms in total. The molecule has 0 aromatic carbocycles. The highest BCUT2D eigenvalue weighted by molar-refractivity contribution is 7.98. The molecule has 0 radical (unpaired) electrons. The van der Waals surface area contributed by atoms with Crippen LogP contribution in [0, 0.1) is 0 Å². The van der Waals surface area contributed by atoms with Crippen LogP contribution in [0.25, 0.3) is 0 Å². The lowest BCUT2D eigenvalue weighted by Crippen LogP contribution is -1.98. The monoisotopic (exact) mass is 229 g/mol. The lowest BCUT2D eigenvalue weighted by Gasteiger charge is -1.96. The van der Waals surface area contributed by atoms with Crippen molar-refractivity contribution in [3.8, 4) is 0 Å². The fourth-order valence-electron chi connectivity index (χ4n) is 0.731. The van der Waals surface area contributed by atoms with Gasteiger partial charge in [-0.2, -0.15) is 15.0 Å². The van der Waals surface area contributed by atoms with Crippen LogP contribution in [0.2, 0.25) is 5.28 Å². The number of hydrogen-bond donors (Lipinski definition) is 1. The first-order valence-corrected chi connectivity index (χ1v) is 4.68. The Bertz CT molecular complexity index is 414. The van der Waals surface area contributed by atoms with Crippen LogP contribution in [0.5, 0.6) is 0 Å². The zero-order valence-electron chi connectivity index (χ0n) is 6.72. The van der Waals surface area contributed by atoms with Gasteiger partial charge in [-0.15, -0.1) is 0 Å². The van der Waals surface area contributed by atoms with Gasteiger partial charge in [0, 0.05) is 11.8 Å². The quantitative estimate of drug-likeness (QED) is 0.829. The molecule has 0 spiro atoms. The van der Waals surface area contributed by atoms with Crippen molar-refractivity contribution in [2.45, 2.75) is 10.4 Å². The summed E-state index contributed by atoms with van der Waals surface area (Å²) in [5, 5.41) is 0.822. The number of hydrogen-bond acceptors (Lipinski definition) is 7. The van der Waals surface area contributed by atoms with Crippen LogP contribution >= 0.6 is 23.4 Å². The van der Waals surface area contributed by atoms with Crippen molar-refractivity contribution in [2.75, 3.05) is 5.73 Å². The third kappa shape index (κ3) is 2.12. The Kier molecular flexibility index (Phi) is 2.51. The maximum absolute atomic E-state index is 5.58. The molecule has 2 heterocycles. The Morgan fingerprint density at radius 1 is 1.36 bits per heavy atom. The minimum Gasteiger partial charge on any atom is -0.440 e. The average Bonchev–Trinajstić information content (AvgIpc) is 2.54. The maximum atomic E-state index is 5.58. The summed E-state index contributed by atoms with van der Waals surface area (Å²) in [7, 11) is 0. The first-order chi connectivity index (χ1) is 6.74. The molecule has 2 aromatic rings. The number of nitrogens with two attached hydrogens (primary N) is 1. The number of halogens is 1. The van der Waals surface area contributed by atoms with Crippen LogP contribution in [-0.4, -0.2) is 19.9 Å². The van der Waals surface area contributed by atoms with Crippen LogP contribution in [0.15, 0.2) is 27.3 Å². The van der Waals surface area contributed by atoms with Crippen molar-refractivity contribution in [3.63, 3.8) is 0 Å². The van der Waals surface area contributed by atoms with Crippen LogP contribution in [0.1, 0.15) is 0 Å². The molecule has 0 bridgehead atoms. The average molecular weight is 230 g/mol. The van der Waals surface area contributed by atoms with Crippen molar-refractivity contribution in [1.82, 2.24) is 19.9 Å². The minimum absolute atomic E-state index is 0.0477. The minimum atomic E-state index is 0.0477. The van der Waals surface area contributed by atoms with Crippen LogP contribution in [-0.2, 0) is 0 Å². The topological polar surface area (TPSA) is 90.7 Å². The molecule has 0 atom stereocenters. The largest absolute Gasteiger partial charge is 0.440 e. The molecule has 0 aliphatic rings. The maximum Gasteiger partial charge on any atom is 0.263 e. The zero-order valence-corrected chi connectivity index (χ0v) is 8.29. The van der Waals surface area contributed by atoms with Gasteiger partial charge in [-0.05, 0) is 11.6 Å². The predicted molar refractivity (Wildman–Crippen MR) is 49.9 cm³/mol. The summed E-state index contributed by atoms with van der Waals surface area (Å²) in [6.45, 7) is 0. The number of aromatic nitrogens is 4. The molecule has 72 valence electrons. The van der Waals surface area contributed by atoms with Gasteiger partial charge in [-0.3, -0.25) is 0 Å². The Hall–Kier alpha value is -1.34. The molecule has 2 aromatic heterocycles. The van der Waals surface area contributed by atoms with Crippen LogP contribution in [0.4, 0.5) is 5.95 Å². The van der Waals surface area contributed by atoms with Crippen molar-refractivity contribution >= 4 is 29.3 Å². The smallest absolute Gasteiger partial charge is 0.263 e. The van der Waals surface area contributed by atoms with Gasteiger partial charge in [-0.25, -0.2) is 4.98 Å². The van der Waals surface area contributed by atoms with Crippen LogP contribution in [0.3, 0.4) is 0 Å². The van der Waals surface area contributed by atoms with Gasteiger partial charge in [0.2, 0.25) is 16.4 Å². The zero-order chi connectivity index (χ0) is 9.97. The van der Waals surface area contributed by atoms with Crippen molar-refractivity contribution < 1.29 is 4.42 Å². The molecule has 0 fully saturated rings. The first kappa shape index (κ1) is 9.22. The molecule has 2 N–H and O–H groups in total. The third-order valence-corrected chi connectivity index (χ3v) is 2.10. The van der Waals surface area contributed by atoms with E-state index in [4.69, 9.17) is 21.8 Å². The summed E-state index contributed by atoms with van der Waals surface area (Å²) in [5.74, 6) is 0.0686. The van der Waals surface area contributed by atoms with E-state index in [0.29, 0.717) is 10.4 Å². The lowest BCUT2D eigenvalue weighted by atomic mass is 11.0. The van der Waals surface area contributed by atoms with E-state index >= 15 is 0 Å². The molecular formula is C6H4ClN5OS. The summed E-state index contributed by atoms with van der Waals surface area (Å²) in [6, 6.07) is 0. The Morgan fingerprint density at radius 3 is 2.86 bits per heavy atom. The summed E-state index contributed by atoms with van der Waals surface area (Å²) in [4.78, 5) is 15.2. The third-order valence-electron chi connectivity index (χ3n) is 1.19. The Balaban J connectivity index is 2.25. The van der Waals surface area contributed by atoms with E-state index in [9.17, 15) is 0 Å². The van der Waals surface area contributed by atoms with Crippen molar-refractivity contribution in [3.05, 3.63) is 17.7 Å². The number of nitrogens with zero attached hydrogens (tertiary/aromatic N) is 4. The molecule has 0 saturated heterocycles.